The Labute approximate surface area is 133 Å². The second-order valence-corrected chi connectivity index (χ2v) is 5.36. The Morgan fingerprint density at radius 3 is 2.73 bits per heavy atom. The number of carbonyl (C=O) groups is 2. The molecular weight excluding hydrogens is 304 g/mol. The zero-order valence-corrected chi connectivity index (χ0v) is 13.1. The second-order valence-electron chi connectivity index (χ2n) is 4.95. The van der Waals surface area contributed by atoms with E-state index in [2.05, 4.69) is 15.7 Å². The third kappa shape index (κ3) is 4.60. The Balaban J connectivity index is 1.96. The van der Waals surface area contributed by atoms with Crippen molar-refractivity contribution in [3.05, 3.63) is 41.2 Å². The third-order valence-electron chi connectivity index (χ3n) is 2.89. The SMILES string of the molecule is CC(=O)Nc1ccc(Cl)c(NC(=O)CCn2cc(C)cn2)c1. The molecule has 0 bridgehead atoms. The molecule has 22 heavy (non-hydrogen) atoms. The molecule has 6 nitrogen and oxygen atoms in total. The zero-order chi connectivity index (χ0) is 16.1. The first kappa shape index (κ1) is 16.0. The van der Waals surface area contributed by atoms with Crippen molar-refractivity contribution in [1.82, 2.24) is 9.78 Å². The van der Waals surface area contributed by atoms with Gasteiger partial charge in [0, 0.05) is 31.8 Å². The Morgan fingerprint density at radius 1 is 1.32 bits per heavy atom. The van der Waals surface area contributed by atoms with Crippen LogP contribution in [-0.2, 0) is 16.1 Å². The van der Waals surface area contributed by atoms with E-state index in [0.717, 1.165) is 5.56 Å². The minimum Gasteiger partial charge on any atom is -0.326 e. The summed E-state index contributed by atoms with van der Waals surface area (Å²) in [5.74, 6) is -0.358. The molecule has 0 aliphatic heterocycles. The summed E-state index contributed by atoms with van der Waals surface area (Å²) in [5.41, 5.74) is 2.09. The Bertz CT molecular complexity index is 697. The maximum Gasteiger partial charge on any atom is 0.226 e. The van der Waals surface area contributed by atoms with Crippen molar-refractivity contribution in [2.75, 3.05) is 10.6 Å². The normalized spacial score (nSPS) is 10.3. The number of aromatic nitrogens is 2. The molecule has 0 saturated carbocycles. The average Bonchev–Trinajstić information content (AvgIpc) is 2.85. The molecule has 0 radical (unpaired) electrons. The van der Waals surface area contributed by atoms with Gasteiger partial charge in [-0.3, -0.25) is 14.3 Å². The molecule has 116 valence electrons. The van der Waals surface area contributed by atoms with Crippen LogP contribution in [0.2, 0.25) is 5.02 Å². The van der Waals surface area contributed by atoms with Crippen LogP contribution < -0.4 is 10.6 Å². The molecule has 0 aliphatic rings. The number of anilines is 2. The monoisotopic (exact) mass is 320 g/mol. The maximum atomic E-state index is 12.0. The van der Waals surface area contributed by atoms with E-state index in [0.29, 0.717) is 22.9 Å². The lowest BCUT2D eigenvalue weighted by Gasteiger charge is -2.10. The molecule has 2 aromatic rings. The Morgan fingerprint density at radius 2 is 2.09 bits per heavy atom. The number of amides is 2. The summed E-state index contributed by atoms with van der Waals surface area (Å²) >= 11 is 6.05. The summed E-state index contributed by atoms with van der Waals surface area (Å²) < 4.78 is 1.71. The molecule has 1 aromatic heterocycles. The van der Waals surface area contributed by atoms with Crippen LogP contribution in [0.4, 0.5) is 11.4 Å². The molecule has 2 amide bonds. The van der Waals surface area contributed by atoms with Crippen molar-refractivity contribution in [3.8, 4) is 0 Å². The van der Waals surface area contributed by atoms with E-state index in [1.165, 1.54) is 6.92 Å². The largest absolute Gasteiger partial charge is 0.326 e. The van der Waals surface area contributed by atoms with Gasteiger partial charge in [0.1, 0.15) is 0 Å². The van der Waals surface area contributed by atoms with E-state index in [1.54, 1.807) is 29.1 Å². The van der Waals surface area contributed by atoms with Crippen LogP contribution in [0, 0.1) is 6.92 Å². The fourth-order valence-electron chi connectivity index (χ4n) is 1.92. The number of carbonyl (C=O) groups excluding carboxylic acids is 2. The fraction of sp³-hybridized carbons (Fsp3) is 0.267. The highest BCUT2D eigenvalue weighted by Crippen LogP contribution is 2.25. The number of benzene rings is 1. The predicted molar refractivity (Wildman–Crippen MR) is 86.0 cm³/mol. The van der Waals surface area contributed by atoms with Crippen LogP contribution in [0.5, 0.6) is 0 Å². The molecule has 0 fully saturated rings. The molecule has 0 spiro atoms. The van der Waals surface area contributed by atoms with Crippen LogP contribution in [0.1, 0.15) is 18.9 Å². The Kier molecular flexibility index (Phi) is 5.16. The van der Waals surface area contributed by atoms with Gasteiger partial charge in [-0.05, 0) is 30.7 Å². The summed E-state index contributed by atoms with van der Waals surface area (Å²) in [5, 5.41) is 9.92. The first-order valence-electron chi connectivity index (χ1n) is 6.80. The van der Waals surface area contributed by atoms with Gasteiger partial charge in [0.2, 0.25) is 11.8 Å². The lowest BCUT2D eigenvalue weighted by molar-refractivity contribution is -0.116. The number of hydrogen-bond donors (Lipinski definition) is 2. The van der Waals surface area contributed by atoms with Crippen LogP contribution >= 0.6 is 11.6 Å². The maximum absolute atomic E-state index is 12.0. The van der Waals surface area contributed by atoms with Gasteiger partial charge in [-0.15, -0.1) is 0 Å². The summed E-state index contributed by atoms with van der Waals surface area (Å²) in [6, 6.07) is 4.92. The van der Waals surface area contributed by atoms with Crippen molar-refractivity contribution in [1.29, 1.82) is 0 Å². The minimum atomic E-state index is -0.186. The first-order valence-corrected chi connectivity index (χ1v) is 7.18. The Hall–Kier alpha value is -2.34. The molecule has 0 unspecified atom stereocenters. The molecule has 2 rings (SSSR count). The molecule has 0 saturated heterocycles. The van der Waals surface area contributed by atoms with Gasteiger partial charge in [-0.2, -0.15) is 5.10 Å². The van der Waals surface area contributed by atoms with E-state index < -0.39 is 0 Å². The number of rotatable bonds is 5. The topological polar surface area (TPSA) is 76.0 Å². The molecule has 1 heterocycles. The molecule has 0 aliphatic carbocycles. The van der Waals surface area contributed by atoms with Gasteiger partial charge >= 0.3 is 0 Å². The molecule has 1 aromatic carbocycles. The van der Waals surface area contributed by atoms with Crippen molar-refractivity contribution in [2.45, 2.75) is 26.8 Å². The quantitative estimate of drug-likeness (QED) is 0.889. The van der Waals surface area contributed by atoms with Gasteiger partial charge in [0.15, 0.2) is 0 Å². The number of nitrogens with zero attached hydrogens (tertiary/aromatic N) is 2. The summed E-state index contributed by atoms with van der Waals surface area (Å²) in [6.07, 6.45) is 3.89. The number of hydrogen-bond acceptors (Lipinski definition) is 3. The molecule has 7 heteroatoms. The predicted octanol–water partition coefficient (Wildman–Crippen LogP) is 2.83. The fourth-order valence-corrected chi connectivity index (χ4v) is 2.08. The van der Waals surface area contributed by atoms with Gasteiger partial charge < -0.3 is 10.6 Å². The number of nitrogens with one attached hydrogen (secondary N) is 2. The van der Waals surface area contributed by atoms with E-state index in [9.17, 15) is 9.59 Å². The number of halogens is 1. The van der Waals surface area contributed by atoms with Crippen LogP contribution in [0.25, 0.3) is 0 Å². The lowest BCUT2D eigenvalue weighted by Crippen LogP contribution is -2.15. The van der Waals surface area contributed by atoms with Crippen LogP contribution in [-0.4, -0.2) is 21.6 Å². The zero-order valence-electron chi connectivity index (χ0n) is 12.4. The summed E-state index contributed by atoms with van der Waals surface area (Å²) in [6.45, 7) is 3.85. The summed E-state index contributed by atoms with van der Waals surface area (Å²) in [7, 11) is 0. The van der Waals surface area contributed by atoms with Crippen molar-refractivity contribution < 1.29 is 9.59 Å². The van der Waals surface area contributed by atoms with Crippen molar-refractivity contribution in [2.24, 2.45) is 0 Å². The van der Waals surface area contributed by atoms with Crippen molar-refractivity contribution >= 4 is 34.8 Å². The number of aryl methyl sites for hydroxylation is 2. The third-order valence-corrected chi connectivity index (χ3v) is 3.22. The van der Waals surface area contributed by atoms with E-state index in [4.69, 9.17) is 11.6 Å². The molecular formula is C15H17ClN4O2. The molecule has 0 atom stereocenters. The molecule has 2 N–H and O–H groups in total. The highest BCUT2D eigenvalue weighted by molar-refractivity contribution is 6.33. The average molecular weight is 321 g/mol. The van der Waals surface area contributed by atoms with Gasteiger partial charge in [-0.1, -0.05) is 11.6 Å². The van der Waals surface area contributed by atoms with Crippen LogP contribution in [0.15, 0.2) is 30.6 Å². The van der Waals surface area contributed by atoms with Crippen LogP contribution in [0.3, 0.4) is 0 Å². The van der Waals surface area contributed by atoms with Gasteiger partial charge in [0.25, 0.3) is 0 Å². The summed E-state index contributed by atoms with van der Waals surface area (Å²) in [4.78, 5) is 23.0. The first-order chi connectivity index (χ1) is 10.4. The standard InChI is InChI=1S/C15H17ClN4O2/c1-10-8-17-20(9-10)6-5-15(22)19-14-7-12(18-11(2)21)3-4-13(14)16/h3-4,7-9H,5-6H2,1-2H3,(H,18,21)(H,19,22). The van der Waals surface area contributed by atoms with E-state index in [1.807, 2.05) is 13.1 Å². The van der Waals surface area contributed by atoms with E-state index in [-0.39, 0.29) is 18.2 Å². The van der Waals surface area contributed by atoms with Crippen molar-refractivity contribution in [3.63, 3.8) is 0 Å². The highest BCUT2D eigenvalue weighted by Gasteiger charge is 2.08. The van der Waals surface area contributed by atoms with Gasteiger partial charge in [0.05, 0.1) is 16.9 Å². The van der Waals surface area contributed by atoms with Gasteiger partial charge in [-0.25, -0.2) is 0 Å². The van der Waals surface area contributed by atoms with E-state index >= 15 is 0 Å². The second kappa shape index (κ2) is 7.09. The minimum absolute atomic E-state index is 0.171. The lowest BCUT2D eigenvalue weighted by atomic mass is 10.2. The highest BCUT2D eigenvalue weighted by atomic mass is 35.5. The smallest absolute Gasteiger partial charge is 0.226 e.